The molecule has 7 heteroatoms. The number of nitrogens with two attached hydrogens (primary N) is 1. The predicted octanol–water partition coefficient (Wildman–Crippen LogP) is 4.15. The van der Waals surface area contributed by atoms with E-state index in [0.717, 1.165) is 18.3 Å². The molecule has 1 aromatic heterocycles. The van der Waals surface area contributed by atoms with Gasteiger partial charge in [-0.3, -0.25) is 0 Å². The highest BCUT2D eigenvalue weighted by Crippen LogP contribution is 2.32. The van der Waals surface area contributed by atoms with Crippen molar-refractivity contribution in [1.29, 1.82) is 0 Å². The first-order valence-electron chi connectivity index (χ1n) is 8.37. The third-order valence-corrected chi connectivity index (χ3v) is 4.39. The molecule has 0 saturated carbocycles. The molecule has 1 aliphatic heterocycles. The number of rotatable bonds is 4. The molecule has 5 nitrogen and oxygen atoms in total. The zero-order valence-corrected chi connectivity index (χ0v) is 14.6. The van der Waals surface area contributed by atoms with E-state index < -0.39 is 11.6 Å². The molecule has 0 radical (unpaired) electrons. The minimum absolute atomic E-state index is 0.177. The van der Waals surface area contributed by atoms with Crippen LogP contribution < -0.4 is 5.84 Å². The van der Waals surface area contributed by atoms with Crippen LogP contribution in [0.3, 0.4) is 0 Å². The molecule has 3 rings (SSSR count). The molecule has 1 aliphatic rings. The first-order chi connectivity index (χ1) is 12.5. The molecule has 0 amide bonds. The molecule has 0 bridgehead atoms. The zero-order valence-electron chi connectivity index (χ0n) is 14.6. The minimum Gasteiger partial charge on any atom is -0.443 e. The minimum atomic E-state index is -0.693. The first-order valence-corrected chi connectivity index (χ1v) is 8.37. The number of amidine groups is 1. The molecule has 2 aromatic rings. The van der Waals surface area contributed by atoms with Gasteiger partial charge >= 0.3 is 0 Å². The van der Waals surface area contributed by atoms with Gasteiger partial charge in [-0.15, -0.1) is 0 Å². The second kappa shape index (κ2) is 7.51. The summed E-state index contributed by atoms with van der Waals surface area (Å²) in [5.74, 6) is 5.58. The second-order valence-corrected chi connectivity index (χ2v) is 6.09. The van der Waals surface area contributed by atoms with Crippen LogP contribution >= 0.6 is 0 Å². The van der Waals surface area contributed by atoms with E-state index in [-0.39, 0.29) is 11.5 Å². The van der Waals surface area contributed by atoms with E-state index in [2.05, 4.69) is 17.0 Å². The summed E-state index contributed by atoms with van der Waals surface area (Å²) < 4.78 is 32.9. The van der Waals surface area contributed by atoms with Crippen molar-refractivity contribution in [3.05, 3.63) is 60.3 Å². The monoisotopic (exact) mass is 358 g/mol. The number of hydrazone groups is 1. The normalized spacial score (nSPS) is 15.9. The van der Waals surface area contributed by atoms with Gasteiger partial charge in [0, 0.05) is 35.9 Å². The van der Waals surface area contributed by atoms with Gasteiger partial charge in [-0.05, 0) is 18.6 Å². The molecular weight excluding hydrogens is 338 g/mol. The average molecular weight is 358 g/mol. The molecule has 0 saturated heterocycles. The van der Waals surface area contributed by atoms with Crippen LogP contribution in [0.15, 0.2) is 52.5 Å². The van der Waals surface area contributed by atoms with Crippen LogP contribution in [0.5, 0.6) is 0 Å². The van der Waals surface area contributed by atoms with Gasteiger partial charge in [0.25, 0.3) is 0 Å². The molecule has 0 aliphatic carbocycles. The Bertz CT molecular complexity index is 885. The lowest BCUT2D eigenvalue weighted by Gasteiger charge is -2.27. The van der Waals surface area contributed by atoms with Crippen LogP contribution in [0.2, 0.25) is 0 Å². The number of allylic oxidation sites excluding steroid dienone is 2. The lowest BCUT2D eigenvalue weighted by Crippen LogP contribution is -2.33. The van der Waals surface area contributed by atoms with Gasteiger partial charge in [0.2, 0.25) is 0 Å². The van der Waals surface area contributed by atoms with Crippen molar-refractivity contribution in [3.8, 4) is 11.3 Å². The maximum atomic E-state index is 14.2. The number of hydrogen-bond donors (Lipinski definition) is 1. The molecule has 2 heterocycles. The molecule has 136 valence electrons. The Morgan fingerprint density at radius 1 is 1.42 bits per heavy atom. The van der Waals surface area contributed by atoms with Crippen molar-refractivity contribution in [2.75, 3.05) is 6.54 Å². The maximum Gasteiger partial charge on any atom is 0.182 e. The summed E-state index contributed by atoms with van der Waals surface area (Å²) in [7, 11) is 0. The van der Waals surface area contributed by atoms with Crippen LogP contribution in [0.1, 0.15) is 26.0 Å². The summed E-state index contributed by atoms with van der Waals surface area (Å²) in [5.41, 5.74) is 1.20. The topological polar surface area (TPSA) is 67.7 Å². The predicted molar refractivity (Wildman–Crippen MR) is 96.8 cm³/mol. The Morgan fingerprint density at radius 2 is 2.23 bits per heavy atom. The Hall–Kier alpha value is -2.96. The summed E-state index contributed by atoms with van der Waals surface area (Å²) in [6, 6.07) is 3.37. The fourth-order valence-corrected chi connectivity index (χ4v) is 2.84. The molecule has 0 spiro atoms. The Morgan fingerprint density at radius 3 is 2.92 bits per heavy atom. The molecule has 26 heavy (non-hydrogen) atoms. The Labute approximate surface area is 150 Å². The summed E-state index contributed by atoms with van der Waals surface area (Å²) in [4.78, 5) is 6.04. The summed E-state index contributed by atoms with van der Waals surface area (Å²) in [6.45, 7) is 4.73. The van der Waals surface area contributed by atoms with E-state index in [9.17, 15) is 8.78 Å². The summed E-state index contributed by atoms with van der Waals surface area (Å²) in [6.07, 6.45) is 7.80. The van der Waals surface area contributed by atoms with Crippen LogP contribution in [0.25, 0.3) is 16.8 Å². The van der Waals surface area contributed by atoms with Gasteiger partial charge in [-0.25, -0.2) is 13.8 Å². The van der Waals surface area contributed by atoms with Crippen molar-refractivity contribution < 1.29 is 13.2 Å². The van der Waals surface area contributed by atoms with E-state index in [0.29, 0.717) is 23.6 Å². The fourth-order valence-electron chi connectivity index (χ4n) is 2.84. The Kier molecular flexibility index (Phi) is 5.16. The largest absolute Gasteiger partial charge is 0.443 e. The quantitative estimate of drug-likeness (QED) is 0.386. The van der Waals surface area contributed by atoms with Crippen molar-refractivity contribution in [2.24, 2.45) is 16.9 Å². The smallest absolute Gasteiger partial charge is 0.182 e. The maximum absolute atomic E-state index is 14.2. The fraction of sp³-hybridized carbons (Fsp3) is 0.263. The number of benzene rings is 1. The van der Waals surface area contributed by atoms with Gasteiger partial charge in [-0.1, -0.05) is 26.0 Å². The number of aromatic nitrogens is 1. The summed E-state index contributed by atoms with van der Waals surface area (Å²) >= 11 is 0. The van der Waals surface area contributed by atoms with Crippen molar-refractivity contribution in [3.63, 3.8) is 0 Å². The van der Waals surface area contributed by atoms with E-state index >= 15 is 0 Å². The zero-order chi connectivity index (χ0) is 18.7. The lowest BCUT2D eigenvalue weighted by atomic mass is 10.0. The number of nitrogens with zero attached hydrogens (tertiary/aromatic N) is 3. The average Bonchev–Trinajstić information content (AvgIpc) is 3.12. The third kappa shape index (κ3) is 3.37. The van der Waals surface area contributed by atoms with E-state index in [4.69, 9.17) is 10.3 Å². The second-order valence-electron chi connectivity index (χ2n) is 6.09. The number of oxazole rings is 1. The lowest BCUT2D eigenvalue weighted by molar-refractivity contribution is 0.530. The summed E-state index contributed by atoms with van der Waals surface area (Å²) in [5, 5.41) is 3.92. The highest BCUT2D eigenvalue weighted by atomic mass is 19.1. The first kappa shape index (κ1) is 17.8. The van der Waals surface area contributed by atoms with Crippen LogP contribution in [-0.4, -0.2) is 22.3 Å². The van der Waals surface area contributed by atoms with Gasteiger partial charge in [0.1, 0.15) is 23.2 Å². The van der Waals surface area contributed by atoms with E-state index in [1.54, 1.807) is 0 Å². The molecule has 0 fully saturated rings. The van der Waals surface area contributed by atoms with Crippen LogP contribution in [-0.2, 0) is 0 Å². The SMILES string of the molecule is CCC(C)/C(=N/N)N1C=C(c2ocnc2-c2ccc(F)cc2F)C=CC1. The third-order valence-electron chi connectivity index (χ3n) is 4.39. The number of halogens is 2. The van der Waals surface area contributed by atoms with Crippen LogP contribution in [0.4, 0.5) is 8.78 Å². The van der Waals surface area contributed by atoms with Gasteiger partial charge in [-0.2, -0.15) is 5.10 Å². The highest BCUT2D eigenvalue weighted by Gasteiger charge is 2.22. The highest BCUT2D eigenvalue weighted by molar-refractivity contribution is 5.89. The van der Waals surface area contributed by atoms with Crippen molar-refractivity contribution >= 4 is 11.4 Å². The van der Waals surface area contributed by atoms with Crippen LogP contribution in [0, 0.1) is 17.6 Å². The standard InChI is InChI=1S/C19H20F2N4O/c1-3-12(2)19(24-22)25-8-4-5-13(10-25)18-17(23-11-26-18)15-7-6-14(20)9-16(15)21/h4-7,9-12H,3,8,22H2,1-2H3/b24-19-. The van der Waals surface area contributed by atoms with Gasteiger partial charge in [0.05, 0.1) is 0 Å². The Balaban J connectivity index is 2.00. The molecule has 1 unspecified atom stereocenters. The van der Waals surface area contributed by atoms with E-state index in [1.807, 2.05) is 30.2 Å². The van der Waals surface area contributed by atoms with Crippen molar-refractivity contribution in [2.45, 2.75) is 20.3 Å². The van der Waals surface area contributed by atoms with E-state index in [1.165, 1.54) is 18.5 Å². The van der Waals surface area contributed by atoms with Gasteiger partial charge in [0.15, 0.2) is 12.2 Å². The molecule has 1 aromatic carbocycles. The van der Waals surface area contributed by atoms with Crippen molar-refractivity contribution in [1.82, 2.24) is 9.88 Å². The number of hydrogen-bond acceptors (Lipinski definition) is 4. The molecular formula is C19H20F2N4O. The van der Waals surface area contributed by atoms with Gasteiger partial charge < -0.3 is 15.2 Å². The molecule has 1 atom stereocenters. The molecule has 2 N–H and O–H groups in total.